The molecule has 0 radical (unpaired) electrons. The number of hydrogen-bond acceptors (Lipinski definition) is 3. The molecule has 1 aromatic carbocycles. The quantitative estimate of drug-likeness (QED) is 0.845. The minimum atomic E-state index is 0.763. The van der Waals surface area contributed by atoms with Gasteiger partial charge in [0.1, 0.15) is 6.33 Å². The van der Waals surface area contributed by atoms with Crippen molar-refractivity contribution in [3.8, 4) is 11.4 Å². The van der Waals surface area contributed by atoms with Gasteiger partial charge < -0.3 is 5.32 Å². The van der Waals surface area contributed by atoms with E-state index in [9.17, 15) is 0 Å². The molecule has 5 heteroatoms. The summed E-state index contributed by atoms with van der Waals surface area (Å²) in [6, 6.07) is 6.00. The van der Waals surface area contributed by atoms with Gasteiger partial charge in [-0.3, -0.25) is 0 Å². The van der Waals surface area contributed by atoms with Gasteiger partial charge in [-0.2, -0.15) is 5.10 Å². The van der Waals surface area contributed by atoms with Crippen LogP contribution in [0, 0.1) is 0 Å². The van der Waals surface area contributed by atoms with Crippen LogP contribution in [0.3, 0.4) is 0 Å². The number of benzene rings is 1. The standard InChI is InChI=1S/C13H17ClN4/c1-3-6-15-8-11-5-4-10(7-12(11)14)13-16-9-17-18(13)2/h4-5,7,9,15H,3,6,8H2,1-2H3. The smallest absolute Gasteiger partial charge is 0.157 e. The SMILES string of the molecule is CCCNCc1ccc(-c2ncnn2C)cc1Cl. The predicted octanol–water partition coefficient (Wildman–Crippen LogP) is 2.64. The molecule has 1 heterocycles. The molecule has 0 saturated carbocycles. The Labute approximate surface area is 112 Å². The van der Waals surface area contributed by atoms with Gasteiger partial charge in [-0.05, 0) is 24.6 Å². The summed E-state index contributed by atoms with van der Waals surface area (Å²) < 4.78 is 1.74. The summed E-state index contributed by atoms with van der Waals surface area (Å²) in [5, 5.41) is 8.16. The summed E-state index contributed by atoms with van der Waals surface area (Å²) in [6.45, 7) is 3.94. The Morgan fingerprint density at radius 2 is 2.22 bits per heavy atom. The molecule has 0 fully saturated rings. The van der Waals surface area contributed by atoms with Crippen molar-refractivity contribution in [2.24, 2.45) is 7.05 Å². The highest BCUT2D eigenvalue weighted by Crippen LogP contribution is 2.23. The zero-order valence-electron chi connectivity index (χ0n) is 10.7. The third-order valence-electron chi connectivity index (χ3n) is 2.76. The summed E-state index contributed by atoms with van der Waals surface area (Å²) >= 11 is 6.28. The first-order valence-electron chi connectivity index (χ1n) is 6.06. The van der Waals surface area contributed by atoms with Crippen LogP contribution in [0.1, 0.15) is 18.9 Å². The molecule has 2 aromatic rings. The number of aryl methyl sites for hydroxylation is 1. The third-order valence-corrected chi connectivity index (χ3v) is 3.12. The van der Waals surface area contributed by atoms with Crippen LogP contribution in [0.25, 0.3) is 11.4 Å². The van der Waals surface area contributed by atoms with E-state index in [2.05, 4.69) is 22.3 Å². The maximum Gasteiger partial charge on any atom is 0.157 e. The molecule has 18 heavy (non-hydrogen) atoms. The van der Waals surface area contributed by atoms with E-state index in [1.807, 2.05) is 25.2 Å². The van der Waals surface area contributed by atoms with E-state index >= 15 is 0 Å². The first kappa shape index (κ1) is 13.1. The first-order chi connectivity index (χ1) is 8.72. The van der Waals surface area contributed by atoms with Crippen LogP contribution in [-0.4, -0.2) is 21.3 Å². The van der Waals surface area contributed by atoms with Crippen molar-refractivity contribution < 1.29 is 0 Å². The van der Waals surface area contributed by atoms with Crippen LogP contribution in [-0.2, 0) is 13.6 Å². The van der Waals surface area contributed by atoms with E-state index in [0.29, 0.717) is 0 Å². The minimum Gasteiger partial charge on any atom is -0.313 e. The molecule has 0 spiro atoms. The summed E-state index contributed by atoms with van der Waals surface area (Å²) in [6.07, 6.45) is 2.66. The third kappa shape index (κ3) is 2.89. The lowest BCUT2D eigenvalue weighted by molar-refractivity contribution is 0.675. The van der Waals surface area contributed by atoms with Crippen molar-refractivity contribution in [1.29, 1.82) is 0 Å². The van der Waals surface area contributed by atoms with E-state index < -0.39 is 0 Å². The highest BCUT2D eigenvalue weighted by atomic mass is 35.5. The van der Waals surface area contributed by atoms with Crippen LogP contribution in [0.2, 0.25) is 5.02 Å². The van der Waals surface area contributed by atoms with Crippen molar-refractivity contribution in [2.75, 3.05) is 6.54 Å². The second kappa shape index (κ2) is 5.98. The van der Waals surface area contributed by atoms with Crippen molar-refractivity contribution >= 4 is 11.6 Å². The molecule has 96 valence electrons. The Hall–Kier alpha value is -1.39. The molecule has 0 aliphatic carbocycles. The number of aromatic nitrogens is 3. The molecule has 0 aliphatic heterocycles. The Morgan fingerprint density at radius 1 is 1.39 bits per heavy atom. The fourth-order valence-corrected chi connectivity index (χ4v) is 2.03. The average molecular weight is 265 g/mol. The maximum absolute atomic E-state index is 6.28. The number of halogens is 1. The van der Waals surface area contributed by atoms with Crippen LogP contribution in [0.15, 0.2) is 24.5 Å². The molecule has 0 saturated heterocycles. The van der Waals surface area contributed by atoms with Crippen molar-refractivity contribution in [2.45, 2.75) is 19.9 Å². The molecular formula is C13H17ClN4. The van der Waals surface area contributed by atoms with Crippen molar-refractivity contribution in [3.63, 3.8) is 0 Å². The summed E-state index contributed by atoms with van der Waals surface area (Å²) in [5.41, 5.74) is 2.09. The first-order valence-corrected chi connectivity index (χ1v) is 6.43. The normalized spacial score (nSPS) is 10.8. The minimum absolute atomic E-state index is 0.763. The topological polar surface area (TPSA) is 42.7 Å². The predicted molar refractivity (Wildman–Crippen MR) is 73.4 cm³/mol. The van der Waals surface area contributed by atoms with E-state index in [0.717, 1.165) is 41.5 Å². The monoisotopic (exact) mass is 264 g/mol. The van der Waals surface area contributed by atoms with Crippen molar-refractivity contribution in [3.05, 3.63) is 35.1 Å². The molecule has 4 nitrogen and oxygen atoms in total. The number of hydrogen-bond donors (Lipinski definition) is 1. The van der Waals surface area contributed by atoms with Gasteiger partial charge >= 0.3 is 0 Å². The zero-order valence-corrected chi connectivity index (χ0v) is 11.4. The summed E-state index contributed by atoms with van der Waals surface area (Å²) in [5.74, 6) is 0.824. The second-order valence-corrected chi connectivity index (χ2v) is 4.60. The summed E-state index contributed by atoms with van der Waals surface area (Å²) in [4.78, 5) is 4.21. The van der Waals surface area contributed by atoms with Gasteiger partial charge in [0.15, 0.2) is 5.82 Å². The highest BCUT2D eigenvalue weighted by molar-refractivity contribution is 6.31. The molecule has 2 rings (SSSR count). The Kier molecular flexibility index (Phi) is 4.33. The van der Waals surface area contributed by atoms with Gasteiger partial charge in [0.25, 0.3) is 0 Å². The second-order valence-electron chi connectivity index (χ2n) is 4.19. The van der Waals surface area contributed by atoms with Gasteiger partial charge in [0.05, 0.1) is 0 Å². The van der Waals surface area contributed by atoms with Gasteiger partial charge in [-0.25, -0.2) is 9.67 Å². The maximum atomic E-state index is 6.28. The van der Waals surface area contributed by atoms with Crippen molar-refractivity contribution in [1.82, 2.24) is 20.1 Å². The largest absolute Gasteiger partial charge is 0.313 e. The molecule has 0 aliphatic rings. The highest BCUT2D eigenvalue weighted by Gasteiger charge is 2.07. The van der Waals surface area contributed by atoms with Gasteiger partial charge in [0.2, 0.25) is 0 Å². The van der Waals surface area contributed by atoms with Gasteiger partial charge in [-0.15, -0.1) is 0 Å². The summed E-state index contributed by atoms with van der Waals surface area (Å²) in [7, 11) is 1.87. The van der Waals surface area contributed by atoms with Gasteiger partial charge in [-0.1, -0.05) is 30.7 Å². The van der Waals surface area contributed by atoms with Crippen LogP contribution >= 0.6 is 11.6 Å². The van der Waals surface area contributed by atoms with Crippen LogP contribution in [0.4, 0.5) is 0 Å². The number of rotatable bonds is 5. The number of nitrogens with zero attached hydrogens (tertiary/aromatic N) is 3. The average Bonchev–Trinajstić information content (AvgIpc) is 2.78. The van der Waals surface area contributed by atoms with E-state index in [1.165, 1.54) is 0 Å². The lowest BCUT2D eigenvalue weighted by Crippen LogP contribution is -2.14. The van der Waals surface area contributed by atoms with Crippen LogP contribution in [0.5, 0.6) is 0 Å². The van der Waals surface area contributed by atoms with Gasteiger partial charge in [0, 0.05) is 24.2 Å². The Bertz CT molecular complexity index is 521. The molecule has 0 atom stereocenters. The molecule has 0 amide bonds. The van der Waals surface area contributed by atoms with Crippen LogP contribution < -0.4 is 5.32 Å². The molecule has 0 unspecified atom stereocenters. The fourth-order valence-electron chi connectivity index (χ4n) is 1.79. The number of nitrogens with one attached hydrogen (secondary N) is 1. The van der Waals surface area contributed by atoms with E-state index in [-0.39, 0.29) is 0 Å². The Morgan fingerprint density at radius 3 is 2.83 bits per heavy atom. The lowest BCUT2D eigenvalue weighted by Gasteiger charge is -2.07. The molecule has 1 N–H and O–H groups in total. The fraction of sp³-hybridized carbons (Fsp3) is 0.385. The molecular weight excluding hydrogens is 248 g/mol. The molecule has 0 bridgehead atoms. The van der Waals surface area contributed by atoms with E-state index in [4.69, 9.17) is 11.6 Å². The Balaban J connectivity index is 2.17. The molecule has 1 aromatic heterocycles. The lowest BCUT2D eigenvalue weighted by atomic mass is 10.1. The van der Waals surface area contributed by atoms with E-state index in [1.54, 1.807) is 11.0 Å². The zero-order chi connectivity index (χ0) is 13.0.